The molecule has 1 saturated heterocycles. The van der Waals surface area contributed by atoms with Crippen LogP contribution in [0.25, 0.3) is 0 Å². The van der Waals surface area contributed by atoms with Gasteiger partial charge in [0.25, 0.3) is 0 Å². The largest absolute Gasteiger partial charge is 0.342 e. The van der Waals surface area contributed by atoms with Crippen molar-refractivity contribution in [3.05, 3.63) is 36.5 Å². The first-order valence-electron chi connectivity index (χ1n) is 8.94. The number of hydrogen-bond donors (Lipinski definition) is 1. The Labute approximate surface area is 146 Å². The standard InChI is InChI=1S/C18H22N6O/c25-17(13-3-1-2-4-13)24-10-6-14(12-24)15-5-7-21-18(22-15)23-16-11-19-8-9-20-16/h5,7-9,11,13-14H,1-4,6,10,12H2,(H,20,21,22,23). The molecule has 0 radical (unpaired) electrons. The molecule has 0 spiro atoms. The van der Waals surface area contributed by atoms with Gasteiger partial charge in [0.2, 0.25) is 11.9 Å². The fraction of sp³-hybridized carbons (Fsp3) is 0.500. The van der Waals surface area contributed by atoms with Gasteiger partial charge < -0.3 is 10.2 Å². The number of aromatic nitrogens is 4. The summed E-state index contributed by atoms with van der Waals surface area (Å²) in [7, 11) is 0. The third kappa shape index (κ3) is 3.60. The minimum atomic E-state index is 0.248. The minimum Gasteiger partial charge on any atom is -0.342 e. The molecule has 130 valence electrons. The molecule has 1 aliphatic carbocycles. The molecule has 1 unspecified atom stereocenters. The highest BCUT2D eigenvalue weighted by Crippen LogP contribution is 2.31. The number of anilines is 2. The van der Waals surface area contributed by atoms with Crippen molar-refractivity contribution >= 4 is 17.7 Å². The Balaban J connectivity index is 1.42. The summed E-state index contributed by atoms with van der Waals surface area (Å²) in [6.45, 7) is 1.59. The van der Waals surface area contributed by atoms with Crippen molar-refractivity contribution in [1.82, 2.24) is 24.8 Å². The first-order valence-corrected chi connectivity index (χ1v) is 8.94. The second kappa shape index (κ2) is 7.13. The molecule has 4 rings (SSSR count). The zero-order valence-corrected chi connectivity index (χ0v) is 14.1. The summed E-state index contributed by atoms with van der Waals surface area (Å²) < 4.78 is 0. The zero-order chi connectivity index (χ0) is 17.1. The fourth-order valence-electron chi connectivity index (χ4n) is 3.77. The number of rotatable bonds is 4. The van der Waals surface area contributed by atoms with Crippen LogP contribution in [0.15, 0.2) is 30.9 Å². The van der Waals surface area contributed by atoms with Gasteiger partial charge in [-0.2, -0.15) is 0 Å². The summed E-state index contributed by atoms with van der Waals surface area (Å²) in [4.78, 5) is 31.7. The number of amides is 1. The van der Waals surface area contributed by atoms with Crippen LogP contribution >= 0.6 is 0 Å². The second-order valence-electron chi connectivity index (χ2n) is 6.77. The molecular formula is C18H22N6O. The summed E-state index contributed by atoms with van der Waals surface area (Å²) >= 11 is 0. The molecule has 7 heteroatoms. The Morgan fingerprint density at radius 2 is 2.00 bits per heavy atom. The second-order valence-corrected chi connectivity index (χ2v) is 6.77. The number of likely N-dealkylation sites (tertiary alicyclic amines) is 1. The SMILES string of the molecule is O=C(C1CCCC1)N1CCC(c2ccnc(Nc3cnccn3)n2)C1. The van der Waals surface area contributed by atoms with E-state index in [0.717, 1.165) is 38.0 Å². The van der Waals surface area contributed by atoms with Crippen molar-refractivity contribution in [1.29, 1.82) is 0 Å². The molecule has 1 amide bonds. The van der Waals surface area contributed by atoms with Crippen molar-refractivity contribution < 1.29 is 4.79 Å². The first kappa shape index (κ1) is 15.9. The Hall–Kier alpha value is -2.57. The molecule has 2 aliphatic rings. The van der Waals surface area contributed by atoms with Crippen molar-refractivity contribution in [3.8, 4) is 0 Å². The van der Waals surface area contributed by atoms with Crippen LogP contribution in [0.5, 0.6) is 0 Å². The van der Waals surface area contributed by atoms with Gasteiger partial charge in [-0.05, 0) is 25.3 Å². The maximum absolute atomic E-state index is 12.6. The summed E-state index contributed by atoms with van der Waals surface area (Å²) in [5.74, 6) is 1.99. The van der Waals surface area contributed by atoms with Crippen LogP contribution in [0.4, 0.5) is 11.8 Å². The van der Waals surface area contributed by atoms with Gasteiger partial charge in [-0.3, -0.25) is 9.78 Å². The van der Waals surface area contributed by atoms with Crippen LogP contribution in [0.1, 0.15) is 43.7 Å². The normalized spacial score (nSPS) is 20.8. The predicted molar refractivity (Wildman–Crippen MR) is 93.2 cm³/mol. The lowest BCUT2D eigenvalue weighted by molar-refractivity contribution is -0.134. The minimum absolute atomic E-state index is 0.248. The molecule has 3 heterocycles. The van der Waals surface area contributed by atoms with E-state index in [4.69, 9.17) is 0 Å². The van der Waals surface area contributed by atoms with E-state index in [-0.39, 0.29) is 11.8 Å². The molecule has 25 heavy (non-hydrogen) atoms. The Bertz CT molecular complexity index is 731. The quantitative estimate of drug-likeness (QED) is 0.922. The van der Waals surface area contributed by atoms with Gasteiger partial charge in [0.15, 0.2) is 5.82 Å². The number of carbonyl (C=O) groups excluding carboxylic acids is 1. The number of hydrogen-bond acceptors (Lipinski definition) is 6. The fourth-order valence-corrected chi connectivity index (χ4v) is 3.77. The third-order valence-electron chi connectivity index (χ3n) is 5.10. The van der Waals surface area contributed by atoms with Crippen molar-refractivity contribution in [2.75, 3.05) is 18.4 Å². The molecule has 1 N–H and O–H groups in total. The number of carbonyl (C=O) groups is 1. The van der Waals surface area contributed by atoms with E-state index in [0.29, 0.717) is 17.7 Å². The maximum Gasteiger partial charge on any atom is 0.228 e. The van der Waals surface area contributed by atoms with E-state index in [1.165, 1.54) is 12.8 Å². The van der Waals surface area contributed by atoms with Crippen LogP contribution in [0, 0.1) is 5.92 Å². The molecule has 2 fully saturated rings. The van der Waals surface area contributed by atoms with E-state index < -0.39 is 0 Å². The summed E-state index contributed by atoms with van der Waals surface area (Å²) in [5, 5.41) is 3.07. The number of nitrogens with zero attached hydrogens (tertiary/aromatic N) is 5. The van der Waals surface area contributed by atoms with E-state index in [1.54, 1.807) is 24.8 Å². The van der Waals surface area contributed by atoms with Gasteiger partial charge in [0.05, 0.1) is 11.9 Å². The van der Waals surface area contributed by atoms with Gasteiger partial charge in [-0.25, -0.2) is 15.0 Å². The van der Waals surface area contributed by atoms with Crippen LogP contribution in [0.3, 0.4) is 0 Å². The zero-order valence-electron chi connectivity index (χ0n) is 14.1. The molecule has 0 bridgehead atoms. The molecule has 2 aromatic heterocycles. The molecule has 1 saturated carbocycles. The highest BCUT2D eigenvalue weighted by Gasteiger charge is 2.33. The molecule has 1 atom stereocenters. The molecule has 2 aromatic rings. The van der Waals surface area contributed by atoms with Crippen molar-refractivity contribution in [3.63, 3.8) is 0 Å². The average Bonchev–Trinajstić information content (AvgIpc) is 3.34. The smallest absolute Gasteiger partial charge is 0.228 e. The Kier molecular flexibility index (Phi) is 4.54. The lowest BCUT2D eigenvalue weighted by Crippen LogP contribution is -2.33. The van der Waals surface area contributed by atoms with Crippen LogP contribution in [0.2, 0.25) is 0 Å². The van der Waals surface area contributed by atoms with E-state index in [2.05, 4.69) is 25.3 Å². The van der Waals surface area contributed by atoms with Crippen LogP contribution < -0.4 is 5.32 Å². The predicted octanol–water partition coefficient (Wildman–Crippen LogP) is 2.52. The Morgan fingerprint density at radius 3 is 2.80 bits per heavy atom. The van der Waals surface area contributed by atoms with Crippen molar-refractivity contribution in [2.45, 2.75) is 38.0 Å². The maximum atomic E-state index is 12.6. The summed E-state index contributed by atoms with van der Waals surface area (Å²) in [5.41, 5.74) is 0.975. The van der Waals surface area contributed by atoms with E-state index in [9.17, 15) is 4.79 Å². The van der Waals surface area contributed by atoms with Gasteiger partial charge in [-0.1, -0.05) is 12.8 Å². The van der Waals surface area contributed by atoms with Crippen molar-refractivity contribution in [2.24, 2.45) is 5.92 Å². The molecular weight excluding hydrogens is 316 g/mol. The highest BCUT2D eigenvalue weighted by atomic mass is 16.2. The third-order valence-corrected chi connectivity index (χ3v) is 5.10. The topological polar surface area (TPSA) is 83.9 Å². The number of nitrogens with one attached hydrogen (secondary N) is 1. The monoisotopic (exact) mass is 338 g/mol. The van der Waals surface area contributed by atoms with Gasteiger partial charge in [-0.15, -0.1) is 0 Å². The van der Waals surface area contributed by atoms with Gasteiger partial charge in [0.1, 0.15) is 0 Å². The lowest BCUT2D eigenvalue weighted by Gasteiger charge is -2.20. The van der Waals surface area contributed by atoms with Gasteiger partial charge >= 0.3 is 0 Å². The first-order chi connectivity index (χ1) is 12.3. The molecule has 1 aliphatic heterocycles. The lowest BCUT2D eigenvalue weighted by atomic mass is 10.0. The summed E-state index contributed by atoms with van der Waals surface area (Å²) in [6, 6.07) is 1.94. The summed E-state index contributed by atoms with van der Waals surface area (Å²) in [6.07, 6.45) is 12.1. The molecule has 7 nitrogen and oxygen atoms in total. The van der Waals surface area contributed by atoms with E-state index in [1.807, 2.05) is 11.0 Å². The van der Waals surface area contributed by atoms with E-state index >= 15 is 0 Å². The van der Waals surface area contributed by atoms with Gasteiger partial charge in [0, 0.05) is 43.5 Å². The highest BCUT2D eigenvalue weighted by molar-refractivity contribution is 5.79. The average molecular weight is 338 g/mol. The van der Waals surface area contributed by atoms with Crippen LogP contribution in [-0.2, 0) is 4.79 Å². The Morgan fingerprint density at radius 1 is 1.12 bits per heavy atom. The van der Waals surface area contributed by atoms with Crippen LogP contribution in [-0.4, -0.2) is 43.8 Å². The molecule has 0 aromatic carbocycles.